The zero-order valence-electron chi connectivity index (χ0n) is 49.6. The average Bonchev–Trinajstić information content (AvgIpc) is 1.74. The Bertz CT molecular complexity index is 3020. The summed E-state index contributed by atoms with van der Waals surface area (Å²) in [5, 5.41) is 165. The number of carbonyl (C=O) groups is 4. The van der Waals surface area contributed by atoms with E-state index in [2.05, 4.69) is 0 Å². The van der Waals surface area contributed by atoms with Gasteiger partial charge in [0.2, 0.25) is 5.79 Å². The lowest BCUT2D eigenvalue weighted by Gasteiger charge is -2.51. The van der Waals surface area contributed by atoms with Crippen molar-refractivity contribution in [2.75, 3.05) is 53.9 Å². The van der Waals surface area contributed by atoms with Crippen molar-refractivity contribution in [1.82, 2.24) is 0 Å². The number of carbonyl (C=O) groups excluding carboxylic acids is 4. The van der Waals surface area contributed by atoms with Crippen molar-refractivity contribution in [2.45, 2.75) is 154 Å². The van der Waals surface area contributed by atoms with E-state index in [1.165, 1.54) is 87.0 Å². The van der Waals surface area contributed by atoms with Gasteiger partial charge in [-0.2, -0.15) is 0 Å². The predicted octanol–water partition coefficient (Wildman–Crippen LogP) is -5.53. The Morgan fingerprint density at radius 2 is 1.02 bits per heavy atom. The Hall–Kier alpha value is -6.66. The molecule has 0 radical (unpaired) electrons. The van der Waals surface area contributed by atoms with Crippen molar-refractivity contribution >= 4 is 36.0 Å². The van der Waals surface area contributed by atoms with Crippen LogP contribution in [0.5, 0.6) is 23.0 Å². The van der Waals surface area contributed by atoms with Gasteiger partial charge in [-0.15, -0.1) is 0 Å². The second-order valence-electron chi connectivity index (χ2n) is 21.7. The predicted molar refractivity (Wildman–Crippen MR) is 301 cm³/mol. The van der Waals surface area contributed by atoms with Crippen LogP contribution in [0.2, 0.25) is 0 Å². The number of phenols is 2. The smallest absolute Gasteiger partial charge is 0.338 e. The van der Waals surface area contributed by atoms with Crippen molar-refractivity contribution in [3.05, 3.63) is 95.6 Å². The minimum atomic E-state index is -3.00. The lowest BCUT2D eigenvalue weighted by Crippen LogP contribution is -2.69. The van der Waals surface area contributed by atoms with Crippen molar-refractivity contribution in [3.63, 3.8) is 0 Å². The van der Waals surface area contributed by atoms with E-state index in [1.54, 1.807) is 6.07 Å². The first-order valence-corrected chi connectivity index (χ1v) is 28.8. The summed E-state index contributed by atoms with van der Waals surface area (Å²) in [4.78, 5) is 54.5. The molecule has 24 atom stereocenters. The minimum Gasteiger partial charge on any atom is -0.504 e. The third-order valence-corrected chi connectivity index (χ3v) is 15.5. The van der Waals surface area contributed by atoms with Crippen LogP contribution < -0.4 is 9.47 Å². The molecule has 34 heteroatoms. The van der Waals surface area contributed by atoms with Gasteiger partial charge in [0.1, 0.15) is 117 Å². The average molecular weight is 1330 g/mol. The summed E-state index contributed by atoms with van der Waals surface area (Å²) in [7, 11) is 2.55. The molecule has 5 heterocycles. The van der Waals surface area contributed by atoms with Crippen LogP contribution in [0.3, 0.4) is 0 Å². The van der Waals surface area contributed by atoms with Gasteiger partial charge >= 0.3 is 23.9 Å². The normalized spacial score (nSPS) is 36.3. The number of esters is 4. The molecule has 0 amide bonds. The number of ether oxygens (including phenoxy) is 15. The topological polar surface area (TPSA) is 510 Å². The fourth-order valence-electron chi connectivity index (χ4n) is 10.6. The Balaban J connectivity index is 1.26. The zero-order chi connectivity index (χ0) is 67.6. The fraction of sp³-hybridized carbons (Fsp3) is 0.559. The summed E-state index contributed by atoms with van der Waals surface area (Å²) in [5.74, 6) is -8.26. The Morgan fingerprint density at radius 1 is 0.495 bits per heavy atom. The van der Waals surface area contributed by atoms with Crippen molar-refractivity contribution < 1.29 is 167 Å². The SMILES string of the molecule is COc1ccc(C=CC(=O)OC[C@@]2(O[C@H]3O[C@H](CO)[C@@H](OC(=O)C=Cc4ccc(O)c(OC)c4)[C@H](O[C@@H]4O[C@H](COC(C)=O)[C@@H](O[C@@H]5O[C@H](CO)[C@@H](O)[C@H](O)[C@H]5O)[C@H](O)[C@H]4O)[C@H]3O[C@@H]3O[C@H](CO)[C@@H](O)[C@H](O)[C@H]3O)O[C@H](CO)[C@@H](O)[C@@H]2OC(=O)c2ccccc2)cc1O. The Kier molecular flexibility index (Phi) is 25.0. The number of methoxy groups -OCH3 is 2. The molecule has 0 aromatic heterocycles. The third-order valence-electron chi connectivity index (χ3n) is 15.5. The molecule has 0 unspecified atom stereocenters. The minimum absolute atomic E-state index is 0.0276. The molecule has 0 aliphatic carbocycles. The summed E-state index contributed by atoms with van der Waals surface area (Å²) >= 11 is 0. The largest absolute Gasteiger partial charge is 0.504 e. The fourth-order valence-corrected chi connectivity index (χ4v) is 10.6. The van der Waals surface area contributed by atoms with Crippen molar-refractivity contribution in [1.29, 1.82) is 0 Å². The Labute approximate surface area is 527 Å². The molecule has 5 fully saturated rings. The third kappa shape index (κ3) is 16.7. The molecule has 15 N–H and O–H groups in total. The molecular formula is C59H74O34. The molecule has 514 valence electrons. The molecule has 93 heavy (non-hydrogen) atoms. The number of hydrogen-bond donors (Lipinski definition) is 15. The van der Waals surface area contributed by atoms with E-state index in [9.17, 15) is 95.8 Å². The van der Waals surface area contributed by atoms with Crippen LogP contribution in [0.25, 0.3) is 12.2 Å². The summed E-state index contributed by atoms with van der Waals surface area (Å²) in [6.07, 6.45) is -45.2. The van der Waals surface area contributed by atoms with Gasteiger partial charge in [-0.05, 0) is 59.7 Å². The molecule has 5 saturated heterocycles. The molecule has 0 saturated carbocycles. The highest BCUT2D eigenvalue weighted by Gasteiger charge is 2.64. The first kappa shape index (κ1) is 72.2. The van der Waals surface area contributed by atoms with E-state index in [0.29, 0.717) is 0 Å². The molecule has 34 nitrogen and oxygen atoms in total. The van der Waals surface area contributed by atoms with Gasteiger partial charge in [0.05, 0.1) is 46.2 Å². The van der Waals surface area contributed by atoms with E-state index in [0.717, 1.165) is 19.1 Å². The van der Waals surface area contributed by atoms with Gasteiger partial charge in [-0.3, -0.25) is 4.79 Å². The second kappa shape index (κ2) is 32.2. The lowest BCUT2D eigenvalue weighted by atomic mass is 9.95. The molecule has 3 aromatic rings. The van der Waals surface area contributed by atoms with Crippen LogP contribution >= 0.6 is 0 Å². The number of hydrogen-bond acceptors (Lipinski definition) is 34. The van der Waals surface area contributed by atoms with Gasteiger partial charge in [0.25, 0.3) is 0 Å². The first-order chi connectivity index (χ1) is 44.4. The number of aromatic hydroxyl groups is 2. The number of aliphatic hydroxyl groups excluding tert-OH is 13. The first-order valence-electron chi connectivity index (χ1n) is 28.8. The number of rotatable bonds is 25. The van der Waals surface area contributed by atoms with Crippen LogP contribution in [0.1, 0.15) is 28.4 Å². The van der Waals surface area contributed by atoms with E-state index in [4.69, 9.17) is 71.1 Å². The van der Waals surface area contributed by atoms with Crippen molar-refractivity contribution in [3.8, 4) is 23.0 Å². The molecule has 0 spiro atoms. The van der Waals surface area contributed by atoms with E-state index in [-0.39, 0.29) is 39.7 Å². The molecule has 5 aliphatic rings. The van der Waals surface area contributed by atoms with Gasteiger partial charge in [0.15, 0.2) is 60.4 Å². The number of aliphatic hydroxyl groups is 13. The standard InChI is InChI=1S/C59H74O34/c1-25(64)81-23-37-49(88-55-46(75)43(72)40(69)33(19-60)83-55)45(74)48(77)57(86-37)89-51-50(87-39(68)16-12-27-9-13-29(65)32(18-27)80-3)36(22-63)85-58(52(51)90-56-47(76)44(73)41(70)34(20-61)84-56)93-59(24-82-38(67)15-11-26-10-14-31(79-2)30(66)17-26)53(42(71)35(21-62)92-59)91-54(78)28-7-5-4-6-8-28/h4-18,33-37,40-53,55-58,60-63,65-66,69-77H,19-24H2,1-3H3/t33-,34-,35-,36-,37-,40-,41-,42-,43+,44+,45-,46-,47-,48-,49-,50-,51+,52-,53+,55+,56+,57+,58-,59+/m1/s1. The maximum Gasteiger partial charge on any atom is 0.338 e. The van der Waals surface area contributed by atoms with Crippen LogP contribution in [-0.4, -0.2) is 301 Å². The number of benzene rings is 3. The Morgan fingerprint density at radius 3 is 1.59 bits per heavy atom. The van der Waals surface area contributed by atoms with Crippen LogP contribution in [-0.2, 0) is 76.0 Å². The molecule has 8 rings (SSSR count). The highest BCUT2D eigenvalue weighted by Crippen LogP contribution is 2.43. The lowest BCUT2D eigenvalue weighted by molar-refractivity contribution is -0.423. The van der Waals surface area contributed by atoms with Crippen LogP contribution in [0.4, 0.5) is 0 Å². The maximum atomic E-state index is 14.2. The monoisotopic (exact) mass is 1330 g/mol. The number of phenolic OH excluding ortho intramolecular Hbond substituents is 2. The summed E-state index contributed by atoms with van der Waals surface area (Å²) in [5.41, 5.74) is 0.301. The van der Waals surface area contributed by atoms with E-state index >= 15 is 0 Å². The van der Waals surface area contributed by atoms with Crippen molar-refractivity contribution in [2.24, 2.45) is 0 Å². The van der Waals surface area contributed by atoms with Crippen LogP contribution in [0.15, 0.2) is 78.9 Å². The summed E-state index contributed by atoms with van der Waals surface area (Å²) < 4.78 is 88.0. The molecule has 5 aliphatic heterocycles. The van der Waals surface area contributed by atoms with Gasteiger partial charge in [-0.1, -0.05) is 30.3 Å². The quantitative estimate of drug-likeness (QED) is 0.0214. The molecule has 3 aromatic carbocycles. The van der Waals surface area contributed by atoms with Crippen LogP contribution in [0, 0.1) is 0 Å². The summed E-state index contributed by atoms with van der Waals surface area (Å²) in [6.45, 7) is -5.61. The molecular weight excluding hydrogens is 1250 g/mol. The molecule has 0 bridgehead atoms. The highest BCUT2D eigenvalue weighted by molar-refractivity contribution is 5.90. The van der Waals surface area contributed by atoms with Gasteiger partial charge < -0.3 is 148 Å². The van der Waals surface area contributed by atoms with E-state index in [1.807, 2.05) is 0 Å². The second-order valence-corrected chi connectivity index (χ2v) is 21.7. The van der Waals surface area contributed by atoms with Gasteiger partial charge in [-0.25, -0.2) is 14.4 Å². The maximum absolute atomic E-state index is 14.2. The highest BCUT2D eigenvalue weighted by atomic mass is 16.8. The van der Waals surface area contributed by atoms with E-state index < -0.39 is 210 Å². The van der Waals surface area contributed by atoms with Gasteiger partial charge in [0, 0.05) is 19.1 Å². The zero-order valence-corrected chi connectivity index (χ0v) is 49.6. The summed E-state index contributed by atoms with van der Waals surface area (Å²) in [6, 6.07) is 15.0.